The molecular formula is C22H18N2O3S2. The van der Waals surface area contributed by atoms with Crippen molar-refractivity contribution in [2.24, 2.45) is 0 Å². The monoisotopic (exact) mass is 422 g/mol. The van der Waals surface area contributed by atoms with Crippen molar-refractivity contribution in [3.63, 3.8) is 0 Å². The summed E-state index contributed by atoms with van der Waals surface area (Å²) in [4.78, 5) is 40.1. The van der Waals surface area contributed by atoms with Crippen molar-refractivity contribution in [3.05, 3.63) is 76.8 Å². The number of ketones is 1. The molecule has 1 aliphatic rings. The second kappa shape index (κ2) is 8.71. The first-order chi connectivity index (χ1) is 14.1. The standard InChI is InChI=1S/C22H18N2O3S2/c25-18(11-10-17-13-28-21(23-17)16-4-2-1-3-5-16)15-8-6-14(7-9-15)12-19-20(26)24-22(27)29-19/h1-9,13,19H,10-12H2,(H,24,26,27). The normalized spacial score (nSPS) is 16.1. The topological polar surface area (TPSA) is 76.1 Å². The first-order valence-electron chi connectivity index (χ1n) is 9.22. The Morgan fingerprint density at radius 3 is 2.48 bits per heavy atom. The van der Waals surface area contributed by atoms with E-state index in [4.69, 9.17) is 0 Å². The predicted octanol–water partition coefficient (Wildman–Crippen LogP) is 4.52. The zero-order valence-corrected chi connectivity index (χ0v) is 17.1. The van der Waals surface area contributed by atoms with Crippen molar-refractivity contribution in [3.8, 4) is 10.6 Å². The molecule has 0 bridgehead atoms. The van der Waals surface area contributed by atoms with Crippen LogP contribution in [0.4, 0.5) is 4.79 Å². The fraction of sp³-hybridized carbons (Fsp3) is 0.182. The van der Waals surface area contributed by atoms with Crippen molar-refractivity contribution in [2.45, 2.75) is 24.5 Å². The number of carbonyl (C=O) groups is 3. The van der Waals surface area contributed by atoms with E-state index in [9.17, 15) is 14.4 Å². The van der Waals surface area contributed by atoms with Gasteiger partial charge in [0.15, 0.2) is 5.78 Å². The number of nitrogens with one attached hydrogen (secondary N) is 1. The fourth-order valence-electron chi connectivity index (χ4n) is 3.09. The van der Waals surface area contributed by atoms with E-state index in [0.29, 0.717) is 24.8 Å². The number of carbonyl (C=O) groups excluding carboxylic acids is 3. The van der Waals surface area contributed by atoms with E-state index in [1.54, 1.807) is 23.5 Å². The van der Waals surface area contributed by atoms with Crippen LogP contribution in [0.5, 0.6) is 0 Å². The lowest BCUT2D eigenvalue weighted by molar-refractivity contribution is -0.118. The minimum atomic E-state index is -0.396. The van der Waals surface area contributed by atoms with E-state index in [1.807, 2.05) is 47.8 Å². The van der Waals surface area contributed by atoms with Crippen LogP contribution in [0.25, 0.3) is 10.6 Å². The molecule has 0 radical (unpaired) electrons. The second-order valence-electron chi connectivity index (χ2n) is 6.72. The van der Waals surface area contributed by atoms with Gasteiger partial charge in [-0.25, -0.2) is 4.98 Å². The number of nitrogens with zero attached hydrogens (tertiary/aromatic N) is 1. The molecule has 1 atom stereocenters. The molecule has 0 saturated carbocycles. The van der Waals surface area contributed by atoms with Crippen LogP contribution in [0.15, 0.2) is 60.0 Å². The number of thioether (sulfide) groups is 1. The van der Waals surface area contributed by atoms with E-state index < -0.39 is 5.25 Å². The molecular weight excluding hydrogens is 404 g/mol. The summed E-state index contributed by atoms with van der Waals surface area (Å²) < 4.78 is 0. The summed E-state index contributed by atoms with van der Waals surface area (Å²) in [6, 6.07) is 17.3. The molecule has 2 heterocycles. The van der Waals surface area contributed by atoms with Crippen molar-refractivity contribution in [2.75, 3.05) is 0 Å². The number of hydrogen-bond acceptors (Lipinski definition) is 6. The van der Waals surface area contributed by atoms with Crippen LogP contribution in [-0.2, 0) is 17.6 Å². The Morgan fingerprint density at radius 2 is 1.79 bits per heavy atom. The lowest BCUT2D eigenvalue weighted by Crippen LogP contribution is -2.25. The molecule has 2 aromatic carbocycles. The number of amides is 2. The van der Waals surface area contributed by atoms with Gasteiger partial charge >= 0.3 is 0 Å². The van der Waals surface area contributed by atoms with Gasteiger partial charge in [-0.05, 0) is 18.4 Å². The largest absolute Gasteiger partial charge is 0.294 e. The zero-order valence-electron chi connectivity index (χ0n) is 15.5. The fourth-order valence-corrected chi connectivity index (χ4v) is 4.81. The highest BCUT2D eigenvalue weighted by atomic mass is 32.2. The highest BCUT2D eigenvalue weighted by Crippen LogP contribution is 2.25. The maximum atomic E-state index is 12.5. The van der Waals surface area contributed by atoms with Gasteiger partial charge in [-0.3, -0.25) is 19.7 Å². The van der Waals surface area contributed by atoms with Crippen molar-refractivity contribution >= 4 is 40.0 Å². The zero-order chi connectivity index (χ0) is 20.2. The number of thiazole rings is 1. The molecule has 1 unspecified atom stereocenters. The summed E-state index contributed by atoms with van der Waals surface area (Å²) in [7, 11) is 0. The summed E-state index contributed by atoms with van der Waals surface area (Å²) in [6.45, 7) is 0. The molecule has 1 aromatic heterocycles. The third-order valence-corrected chi connectivity index (χ3v) is 6.57. The molecule has 3 aromatic rings. The molecule has 29 heavy (non-hydrogen) atoms. The van der Waals surface area contributed by atoms with Crippen LogP contribution in [0, 0.1) is 0 Å². The molecule has 1 fully saturated rings. The van der Waals surface area contributed by atoms with E-state index in [1.165, 1.54) is 0 Å². The van der Waals surface area contributed by atoms with Gasteiger partial charge in [-0.2, -0.15) is 0 Å². The predicted molar refractivity (Wildman–Crippen MR) is 115 cm³/mol. The Bertz CT molecular complexity index is 1050. The minimum Gasteiger partial charge on any atom is -0.294 e. The number of hydrogen-bond donors (Lipinski definition) is 1. The van der Waals surface area contributed by atoms with Gasteiger partial charge in [-0.15, -0.1) is 11.3 Å². The van der Waals surface area contributed by atoms with Gasteiger partial charge in [0.25, 0.3) is 5.24 Å². The highest BCUT2D eigenvalue weighted by Gasteiger charge is 2.31. The summed E-state index contributed by atoms with van der Waals surface area (Å²) in [5, 5.41) is 4.56. The number of aromatic nitrogens is 1. The van der Waals surface area contributed by atoms with E-state index in [2.05, 4.69) is 10.3 Å². The van der Waals surface area contributed by atoms with Gasteiger partial charge in [-0.1, -0.05) is 66.4 Å². The van der Waals surface area contributed by atoms with Crippen LogP contribution in [0.1, 0.15) is 28.0 Å². The number of Topliss-reactive ketones (excluding diaryl/α,β-unsaturated/α-hetero) is 1. The molecule has 7 heteroatoms. The lowest BCUT2D eigenvalue weighted by Gasteiger charge is -2.06. The maximum absolute atomic E-state index is 12.5. The molecule has 1 saturated heterocycles. The SMILES string of the molecule is O=C1NC(=O)C(Cc2ccc(C(=O)CCc3csc(-c4ccccc4)n3)cc2)S1. The molecule has 0 spiro atoms. The Kier molecular flexibility index (Phi) is 5.87. The van der Waals surface area contributed by atoms with Crippen LogP contribution in [0.2, 0.25) is 0 Å². The van der Waals surface area contributed by atoms with Crippen LogP contribution in [-0.4, -0.2) is 27.2 Å². The van der Waals surface area contributed by atoms with Gasteiger partial charge < -0.3 is 0 Å². The van der Waals surface area contributed by atoms with E-state index in [0.717, 1.165) is 33.6 Å². The average molecular weight is 423 g/mol. The molecule has 2 amide bonds. The molecule has 1 N–H and O–H groups in total. The third kappa shape index (κ3) is 4.81. The van der Waals surface area contributed by atoms with E-state index in [-0.39, 0.29) is 16.9 Å². The first-order valence-corrected chi connectivity index (χ1v) is 11.0. The summed E-state index contributed by atoms with van der Waals surface area (Å²) in [5.74, 6) is -0.188. The maximum Gasteiger partial charge on any atom is 0.286 e. The number of aryl methyl sites for hydroxylation is 1. The van der Waals surface area contributed by atoms with Crippen LogP contribution < -0.4 is 5.32 Å². The Hall–Kier alpha value is -2.77. The third-order valence-electron chi connectivity index (χ3n) is 4.64. The number of benzene rings is 2. The smallest absolute Gasteiger partial charge is 0.286 e. The van der Waals surface area contributed by atoms with Crippen LogP contribution in [0.3, 0.4) is 0 Å². The summed E-state index contributed by atoms with van der Waals surface area (Å²) in [5.41, 5.74) is 3.58. The van der Waals surface area contributed by atoms with Crippen molar-refractivity contribution < 1.29 is 14.4 Å². The Balaban J connectivity index is 1.33. The molecule has 0 aliphatic carbocycles. The van der Waals surface area contributed by atoms with Gasteiger partial charge in [0.1, 0.15) is 5.01 Å². The van der Waals surface area contributed by atoms with Gasteiger partial charge in [0.2, 0.25) is 5.91 Å². The van der Waals surface area contributed by atoms with Crippen molar-refractivity contribution in [1.29, 1.82) is 0 Å². The molecule has 4 rings (SSSR count). The Labute approximate surface area is 176 Å². The highest BCUT2D eigenvalue weighted by molar-refractivity contribution is 8.15. The quantitative estimate of drug-likeness (QED) is 0.567. The number of rotatable bonds is 7. The number of imide groups is 1. The molecule has 1 aliphatic heterocycles. The first kappa shape index (κ1) is 19.5. The summed E-state index contributed by atoms with van der Waals surface area (Å²) in [6.07, 6.45) is 1.47. The molecule has 5 nitrogen and oxygen atoms in total. The Morgan fingerprint density at radius 1 is 1.03 bits per heavy atom. The average Bonchev–Trinajstić information content (AvgIpc) is 3.33. The second-order valence-corrected chi connectivity index (χ2v) is 8.75. The minimum absolute atomic E-state index is 0.0639. The summed E-state index contributed by atoms with van der Waals surface area (Å²) >= 11 is 2.60. The molecule has 146 valence electrons. The van der Waals surface area contributed by atoms with Crippen molar-refractivity contribution in [1.82, 2.24) is 10.3 Å². The van der Waals surface area contributed by atoms with Crippen LogP contribution >= 0.6 is 23.1 Å². The van der Waals surface area contributed by atoms with E-state index >= 15 is 0 Å². The lowest BCUT2D eigenvalue weighted by atomic mass is 10.0. The van der Waals surface area contributed by atoms with Gasteiger partial charge in [0.05, 0.1) is 10.9 Å². The van der Waals surface area contributed by atoms with Gasteiger partial charge in [0, 0.05) is 22.9 Å².